The molecule has 370 valence electrons. The van der Waals surface area contributed by atoms with Gasteiger partial charge in [-0.1, -0.05) is 195 Å². The highest BCUT2D eigenvalue weighted by atomic mass is 16.6. The molecule has 0 rings (SSSR count). The Morgan fingerprint density at radius 1 is 0.308 bits per heavy atom. The molecule has 0 aromatic carbocycles. The number of unbranched alkanes of at least 4 members (excludes halogenated alkanes) is 20. The van der Waals surface area contributed by atoms with Crippen LogP contribution in [0.1, 0.15) is 239 Å². The van der Waals surface area contributed by atoms with Crippen LogP contribution in [0.2, 0.25) is 0 Å². The van der Waals surface area contributed by atoms with Gasteiger partial charge in [-0.2, -0.15) is 0 Å². The predicted molar refractivity (Wildman–Crippen MR) is 279 cm³/mol. The summed E-state index contributed by atoms with van der Waals surface area (Å²) in [6, 6.07) is 0. The van der Waals surface area contributed by atoms with Crippen molar-refractivity contribution < 1.29 is 28.6 Å². The van der Waals surface area contributed by atoms with E-state index in [1.165, 1.54) is 77.0 Å². The fourth-order valence-corrected chi connectivity index (χ4v) is 6.96. The standard InChI is InChI=1S/C59H98O6/c1-4-7-10-13-16-19-22-25-28-29-32-34-37-40-43-46-49-52-58(61)64-55-56(65-59(62)53-50-47-44-41-38-35-31-27-24-21-18-15-12-9-6-3)54-63-57(60)51-48-45-42-39-36-33-30-26-23-20-17-14-11-8-5-2/h16-21,25-28,30-32,34,40,43,56H,4-15,22-24,29,33,35-39,41-42,44-55H2,1-3H3/b19-16+,20-17+,21-18+,28-25+,30-26+,31-27+,34-32+,43-40+/t56-/m1/s1. The molecule has 0 aliphatic heterocycles. The average Bonchev–Trinajstić information content (AvgIpc) is 3.30. The first-order chi connectivity index (χ1) is 32.0. The summed E-state index contributed by atoms with van der Waals surface area (Å²) in [6.45, 7) is 6.48. The van der Waals surface area contributed by atoms with Crippen LogP contribution in [0.5, 0.6) is 0 Å². The Balaban J connectivity index is 4.53. The lowest BCUT2D eigenvalue weighted by atomic mass is 10.1. The van der Waals surface area contributed by atoms with Crippen LogP contribution in [-0.4, -0.2) is 37.2 Å². The average molecular weight is 903 g/mol. The Morgan fingerprint density at radius 2 is 0.569 bits per heavy atom. The van der Waals surface area contributed by atoms with E-state index in [9.17, 15) is 14.4 Å². The third-order valence-corrected chi connectivity index (χ3v) is 11.0. The molecule has 0 radical (unpaired) electrons. The van der Waals surface area contributed by atoms with Crippen molar-refractivity contribution in [1.29, 1.82) is 0 Å². The molecule has 65 heavy (non-hydrogen) atoms. The van der Waals surface area contributed by atoms with Crippen LogP contribution in [0.15, 0.2) is 97.2 Å². The molecule has 0 saturated heterocycles. The van der Waals surface area contributed by atoms with Gasteiger partial charge in [0.1, 0.15) is 13.2 Å². The molecule has 0 aromatic heterocycles. The second-order valence-electron chi connectivity index (χ2n) is 17.4. The molecule has 1 atom stereocenters. The molecule has 0 aliphatic carbocycles. The molecule has 0 bridgehead atoms. The second kappa shape index (κ2) is 52.9. The Morgan fingerprint density at radius 3 is 0.923 bits per heavy atom. The first kappa shape index (κ1) is 61.3. The molecule has 0 spiro atoms. The topological polar surface area (TPSA) is 78.9 Å². The van der Waals surface area contributed by atoms with Gasteiger partial charge in [-0.05, 0) is 122 Å². The van der Waals surface area contributed by atoms with E-state index in [-0.39, 0.29) is 37.5 Å². The molecule has 0 fully saturated rings. The highest BCUT2D eigenvalue weighted by Crippen LogP contribution is 2.13. The zero-order valence-electron chi connectivity index (χ0n) is 42.2. The fraction of sp³-hybridized carbons (Fsp3) is 0.678. The van der Waals surface area contributed by atoms with Gasteiger partial charge in [-0.3, -0.25) is 14.4 Å². The van der Waals surface area contributed by atoms with E-state index in [4.69, 9.17) is 14.2 Å². The summed E-state index contributed by atoms with van der Waals surface area (Å²) < 4.78 is 16.7. The molecular weight excluding hydrogens is 805 g/mol. The molecule has 0 aliphatic rings. The van der Waals surface area contributed by atoms with Crippen LogP contribution in [0, 0.1) is 0 Å². The van der Waals surface area contributed by atoms with Crippen molar-refractivity contribution in [1.82, 2.24) is 0 Å². The fourth-order valence-electron chi connectivity index (χ4n) is 6.96. The molecule has 0 saturated carbocycles. The van der Waals surface area contributed by atoms with Gasteiger partial charge in [0.25, 0.3) is 0 Å². The van der Waals surface area contributed by atoms with E-state index in [1.807, 2.05) is 0 Å². The number of carbonyl (C=O) groups excluding carboxylic acids is 3. The van der Waals surface area contributed by atoms with E-state index in [1.54, 1.807) is 0 Å². The van der Waals surface area contributed by atoms with Gasteiger partial charge in [0.05, 0.1) is 0 Å². The molecule has 0 heterocycles. The molecule has 0 unspecified atom stereocenters. The van der Waals surface area contributed by atoms with Crippen molar-refractivity contribution in [2.24, 2.45) is 0 Å². The first-order valence-electron chi connectivity index (χ1n) is 26.7. The third-order valence-electron chi connectivity index (χ3n) is 11.0. The van der Waals surface area contributed by atoms with Gasteiger partial charge >= 0.3 is 17.9 Å². The smallest absolute Gasteiger partial charge is 0.306 e. The normalized spacial score (nSPS) is 12.8. The summed E-state index contributed by atoms with van der Waals surface area (Å²) in [5.41, 5.74) is 0. The molecule has 0 N–H and O–H groups in total. The van der Waals surface area contributed by atoms with E-state index in [0.29, 0.717) is 19.3 Å². The maximum Gasteiger partial charge on any atom is 0.306 e. The van der Waals surface area contributed by atoms with Crippen molar-refractivity contribution in [2.75, 3.05) is 13.2 Å². The van der Waals surface area contributed by atoms with Crippen LogP contribution >= 0.6 is 0 Å². The Bertz CT molecular complexity index is 1310. The van der Waals surface area contributed by atoms with E-state index in [2.05, 4.69) is 118 Å². The van der Waals surface area contributed by atoms with E-state index >= 15 is 0 Å². The number of hydrogen-bond donors (Lipinski definition) is 0. The molecular formula is C59H98O6. The predicted octanol–water partition coefficient (Wildman–Crippen LogP) is 17.8. The minimum atomic E-state index is -0.813. The Kier molecular flexibility index (Phi) is 50.0. The van der Waals surface area contributed by atoms with Crippen LogP contribution in [0.25, 0.3) is 0 Å². The number of rotatable bonds is 47. The molecule has 6 nitrogen and oxygen atoms in total. The summed E-state index contributed by atoms with van der Waals surface area (Å²) >= 11 is 0. The molecule has 6 heteroatoms. The largest absolute Gasteiger partial charge is 0.462 e. The Labute approximate surface area is 400 Å². The minimum Gasteiger partial charge on any atom is -0.462 e. The lowest BCUT2D eigenvalue weighted by Gasteiger charge is -2.18. The summed E-state index contributed by atoms with van der Waals surface area (Å²) in [4.78, 5) is 38.0. The first-order valence-corrected chi connectivity index (χ1v) is 26.7. The number of carbonyl (C=O) groups is 3. The van der Waals surface area contributed by atoms with Gasteiger partial charge in [0.15, 0.2) is 6.10 Å². The van der Waals surface area contributed by atoms with Gasteiger partial charge in [0, 0.05) is 19.3 Å². The minimum absolute atomic E-state index is 0.109. The highest BCUT2D eigenvalue weighted by Gasteiger charge is 2.19. The van der Waals surface area contributed by atoms with Crippen LogP contribution in [0.3, 0.4) is 0 Å². The summed E-state index contributed by atoms with van der Waals surface area (Å²) in [6.07, 6.45) is 69.6. The number of esters is 3. The summed E-state index contributed by atoms with van der Waals surface area (Å²) in [5, 5.41) is 0. The number of allylic oxidation sites excluding steroid dienone is 16. The number of hydrogen-bond acceptors (Lipinski definition) is 6. The number of ether oxygens (including phenoxy) is 3. The van der Waals surface area contributed by atoms with Crippen LogP contribution in [0.4, 0.5) is 0 Å². The zero-order valence-corrected chi connectivity index (χ0v) is 42.2. The quantitative estimate of drug-likeness (QED) is 0.0262. The van der Waals surface area contributed by atoms with Crippen LogP contribution < -0.4 is 0 Å². The van der Waals surface area contributed by atoms with Crippen molar-refractivity contribution in [3.8, 4) is 0 Å². The van der Waals surface area contributed by atoms with Gasteiger partial charge in [-0.15, -0.1) is 0 Å². The van der Waals surface area contributed by atoms with Crippen LogP contribution in [-0.2, 0) is 28.6 Å². The second-order valence-corrected chi connectivity index (χ2v) is 17.4. The summed E-state index contributed by atoms with van der Waals surface area (Å²) in [5.74, 6) is -0.995. The third kappa shape index (κ3) is 51.2. The van der Waals surface area contributed by atoms with Gasteiger partial charge in [0.2, 0.25) is 0 Å². The maximum atomic E-state index is 12.8. The van der Waals surface area contributed by atoms with Gasteiger partial charge in [-0.25, -0.2) is 0 Å². The lowest BCUT2D eigenvalue weighted by molar-refractivity contribution is -0.167. The molecule has 0 amide bonds. The summed E-state index contributed by atoms with van der Waals surface area (Å²) in [7, 11) is 0. The van der Waals surface area contributed by atoms with Crippen molar-refractivity contribution in [3.63, 3.8) is 0 Å². The van der Waals surface area contributed by atoms with E-state index in [0.717, 1.165) is 116 Å². The van der Waals surface area contributed by atoms with Crippen molar-refractivity contribution >= 4 is 17.9 Å². The van der Waals surface area contributed by atoms with Gasteiger partial charge < -0.3 is 14.2 Å². The zero-order chi connectivity index (χ0) is 47.2. The monoisotopic (exact) mass is 903 g/mol. The molecule has 0 aromatic rings. The van der Waals surface area contributed by atoms with Crippen molar-refractivity contribution in [2.45, 2.75) is 245 Å². The maximum absolute atomic E-state index is 12.8. The van der Waals surface area contributed by atoms with E-state index < -0.39 is 6.10 Å². The SMILES string of the molecule is CCCCC/C=C/C/C=C/C/C=C/C/C=C/CCCC(=O)OC[C@@H](COC(=O)CCCCCCC/C=C/C/C=C/CCCCC)OC(=O)CCCCCCC/C=C/C/C=C/CCCCC. The lowest BCUT2D eigenvalue weighted by Crippen LogP contribution is -2.30. The Hall–Kier alpha value is -3.67. The highest BCUT2D eigenvalue weighted by molar-refractivity contribution is 5.71. The van der Waals surface area contributed by atoms with Crippen molar-refractivity contribution in [3.05, 3.63) is 97.2 Å².